The Kier molecular flexibility index (Phi) is 5.40. The number of carbonyl (C=O) groups excluding carboxylic acids is 2. The first kappa shape index (κ1) is 17.8. The summed E-state index contributed by atoms with van der Waals surface area (Å²) in [6, 6.07) is 16.7. The van der Waals surface area contributed by atoms with Gasteiger partial charge in [0.1, 0.15) is 11.8 Å². The van der Waals surface area contributed by atoms with Gasteiger partial charge in [0.25, 0.3) is 11.1 Å². The van der Waals surface area contributed by atoms with Gasteiger partial charge >= 0.3 is 0 Å². The van der Waals surface area contributed by atoms with Crippen molar-refractivity contribution in [2.45, 2.75) is 13.5 Å². The van der Waals surface area contributed by atoms with Crippen LogP contribution in [-0.4, -0.2) is 22.7 Å². The van der Waals surface area contributed by atoms with Gasteiger partial charge in [-0.15, -0.1) is 0 Å². The molecule has 0 atom stereocenters. The molecule has 1 aliphatic heterocycles. The molecule has 6 heteroatoms. The van der Waals surface area contributed by atoms with E-state index < -0.39 is 0 Å². The second-order valence-electron chi connectivity index (χ2n) is 5.77. The third kappa shape index (κ3) is 4.13. The van der Waals surface area contributed by atoms with Crippen molar-refractivity contribution in [1.82, 2.24) is 4.90 Å². The fourth-order valence-electron chi connectivity index (χ4n) is 2.47. The fourth-order valence-corrected chi connectivity index (χ4v) is 3.31. The summed E-state index contributed by atoms with van der Waals surface area (Å²) in [5, 5.41) is 8.30. The molecule has 0 unspecified atom stereocenters. The van der Waals surface area contributed by atoms with Gasteiger partial charge in [-0.1, -0.05) is 42.0 Å². The molecule has 1 fully saturated rings. The Balaban J connectivity index is 1.76. The molecule has 5 nitrogen and oxygen atoms in total. The van der Waals surface area contributed by atoms with Crippen LogP contribution in [0.4, 0.5) is 4.79 Å². The van der Waals surface area contributed by atoms with E-state index in [9.17, 15) is 9.59 Å². The maximum Gasteiger partial charge on any atom is 0.293 e. The summed E-state index contributed by atoms with van der Waals surface area (Å²) in [4.78, 5) is 26.4. The van der Waals surface area contributed by atoms with E-state index in [1.165, 1.54) is 4.90 Å². The molecule has 0 aromatic heterocycles. The average Bonchev–Trinajstić information content (AvgIpc) is 2.89. The van der Waals surface area contributed by atoms with Crippen LogP contribution in [-0.2, 0) is 11.3 Å². The van der Waals surface area contributed by atoms with E-state index in [0.29, 0.717) is 10.7 Å². The molecule has 1 heterocycles. The van der Waals surface area contributed by atoms with Crippen LogP contribution in [0, 0.1) is 18.3 Å². The highest BCUT2D eigenvalue weighted by atomic mass is 32.2. The quantitative estimate of drug-likeness (QED) is 0.746. The van der Waals surface area contributed by atoms with Crippen molar-refractivity contribution in [3.8, 4) is 11.8 Å². The Hall–Kier alpha value is -3.04. The van der Waals surface area contributed by atoms with E-state index in [1.807, 2.05) is 43.3 Å². The highest BCUT2D eigenvalue weighted by Crippen LogP contribution is 2.33. The van der Waals surface area contributed by atoms with E-state index in [0.717, 1.165) is 28.5 Å². The maximum absolute atomic E-state index is 12.6. The number of imide groups is 1. The monoisotopic (exact) mass is 364 g/mol. The molecule has 2 aromatic rings. The average molecular weight is 364 g/mol. The largest absolute Gasteiger partial charge is 0.479 e. The maximum atomic E-state index is 12.6. The van der Waals surface area contributed by atoms with Crippen LogP contribution in [0.1, 0.15) is 16.7 Å². The van der Waals surface area contributed by atoms with Crippen LogP contribution >= 0.6 is 11.8 Å². The minimum absolute atomic E-state index is 0.0451. The number of hydrogen-bond acceptors (Lipinski definition) is 5. The lowest BCUT2D eigenvalue weighted by Gasteiger charge is -2.12. The minimum Gasteiger partial charge on any atom is -0.479 e. The van der Waals surface area contributed by atoms with E-state index >= 15 is 0 Å². The zero-order chi connectivity index (χ0) is 18.5. The minimum atomic E-state index is -0.302. The number of thioether (sulfide) groups is 1. The van der Waals surface area contributed by atoms with Crippen LogP contribution < -0.4 is 4.74 Å². The molecular weight excluding hydrogens is 348 g/mol. The number of rotatable bonds is 5. The molecular formula is C20H16N2O3S. The number of benzene rings is 2. The third-order valence-corrected chi connectivity index (χ3v) is 4.70. The molecule has 1 saturated heterocycles. The molecule has 0 spiro atoms. The Morgan fingerprint density at radius 1 is 1.19 bits per heavy atom. The van der Waals surface area contributed by atoms with Gasteiger partial charge in [-0.3, -0.25) is 14.5 Å². The number of nitrogens with zero attached hydrogens (tertiary/aromatic N) is 2. The first-order valence-electron chi connectivity index (χ1n) is 7.97. The van der Waals surface area contributed by atoms with Crippen LogP contribution in [0.2, 0.25) is 0 Å². The lowest BCUT2D eigenvalue weighted by Crippen LogP contribution is -2.27. The molecule has 0 N–H and O–H groups in total. The van der Waals surface area contributed by atoms with Gasteiger partial charge in [0, 0.05) is 0 Å². The molecule has 130 valence electrons. The Bertz CT molecular complexity index is 913. The molecule has 1 aliphatic rings. The predicted molar refractivity (Wildman–Crippen MR) is 100 cm³/mol. The van der Waals surface area contributed by atoms with Crippen LogP contribution in [0.5, 0.6) is 5.75 Å². The molecule has 2 aromatic carbocycles. The zero-order valence-corrected chi connectivity index (χ0v) is 15.0. The first-order chi connectivity index (χ1) is 12.6. The number of ether oxygens (including phenoxy) is 1. The number of carbonyl (C=O) groups is 2. The molecule has 2 amide bonds. The molecule has 0 radical (unpaired) electrons. The van der Waals surface area contributed by atoms with Gasteiger partial charge in [-0.05, 0) is 48.0 Å². The van der Waals surface area contributed by atoms with Gasteiger partial charge in [-0.2, -0.15) is 5.26 Å². The third-order valence-electron chi connectivity index (χ3n) is 3.79. The summed E-state index contributed by atoms with van der Waals surface area (Å²) >= 11 is 0.928. The van der Waals surface area contributed by atoms with E-state index in [4.69, 9.17) is 10.00 Å². The Labute approximate surface area is 155 Å². The second kappa shape index (κ2) is 7.89. The summed E-state index contributed by atoms with van der Waals surface area (Å²) in [5.74, 6) is 0.239. The van der Waals surface area contributed by atoms with E-state index in [1.54, 1.807) is 24.3 Å². The van der Waals surface area contributed by atoms with Crippen molar-refractivity contribution in [2.24, 2.45) is 0 Å². The van der Waals surface area contributed by atoms with Crippen LogP contribution in [0.15, 0.2) is 53.4 Å². The van der Waals surface area contributed by atoms with Crippen molar-refractivity contribution in [2.75, 3.05) is 6.61 Å². The van der Waals surface area contributed by atoms with Gasteiger partial charge in [0.05, 0.1) is 11.4 Å². The Morgan fingerprint density at radius 2 is 1.96 bits per heavy atom. The smallest absolute Gasteiger partial charge is 0.293 e. The summed E-state index contributed by atoms with van der Waals surface area (Å²) in [5.41, 5.74) is 2.77. The standard InChI is InChI=1S/C20H16N2O3S/c1-14-5-7-15(8-6-14)13-22-19(23)18(26-20(22)24)12-16-3-2-4-17(11-16)25-10-9-21/h2-8,11-12H,10,13H2,1H3/b18-12-. The lowest BCUT2D eigenvalue weighted by molar-refractivity contribution is -0.123. The molecule has 26 heavy (non-hydrogen) atoms. The zero-order valence-electron chi connectivity index (χ0n) is 14.1. The molecule has 3 rings (SSSR count). The summed E-state index contributed by atoms with van der Waals surface area (Å²) in [6.07, 6.45) is 1.67. The predicted octanol–water partition coefficient (Wildman–Crippen LogP) is 4.13. The number of amides is 2. The summed E-state index contributed by atoms with van der Waals surface area (Å²) in [7, 11) is 0. The SMILES string of the molecule is Cc1ccc(CN2C(=O)S/C(=C\c3cccc(OCC#N)c3)C2=O)cc1. The van der Waals surface area contributed by atoms with E-state index in [-0.39, 0.29) is 24.3 Å². The van der Waals surface area contributed by atoms with Crippen LogP contribution in [0.25, 0.3) is 6.08 Å². The first-order valence-corrected chi connectivity index (χ1v) is 8.79. The van der Waals surface area contributed by atoms with E-state index in [2.05, 4.69) is 0 Å². The summed E-state index contributed by atoms with van der Waals surface area (Å²) < 4.78 is 5.26. The lowest BCUT2D eigenvalue weighted by atomic mass is 10.1. The van der Waals surface area contributed by atoms with Crippen LogP contribution in [0.3, 0.4) is 0 Å². The normalized spacial score (nSPS) is 15.4. The summed E-state index contributed by atoms with van der Waals surface area (Å²) in [6.45, 7) is 2.20. The van der Waals surface area contributed by atoms with Crippen molar-refractivity contribution in [1.29, 1.82) is 5.26 Å². The van der Waals surface area contributed by atoms with Crippen molar-refractivity contribution >= 4 is 29.0 Å². The fraction of sp³-hybridized carbons (Fsp3) is 0.150. The van der Waals surface area contributed by atoms with Gasteiger partial charge in [0.2, 0.25) is 0 Å². The topological polar surface area (TPSA) is 70.4 Å². The second-order valence-corrected chi connectivity index (χ2v) is 6.77. The van der Waals surface area contributed by atoms with Crippen molar-refractivity contribution < 1.29 is 14.3 Å². The number of aryl methyl sites for hydroxylation is 1. The van der Waals surface area contributed by atoms with Gasteiger partial charge in [-0.25, -0.2) is 0 Å². The van der Waals surface area contributed by atoms with Crippen molar-refractivity contribution in [3.05, 3.63) is 70.1 Å². The highest BCUT2D eigenvalue weighted by molar-refractivity contribution is 8.18. The molecule has 0 bridgehead atoms. The highest BCUT2D eigenvalue weighted by Gasteiger charge is 2.34. The number of hydrogen-bond donors (Lipinski definition) is 0. The number of nitriles is 1. The van der Waals surface area contributed by atoms with Crippen molar-refractivity contribution in [3.63, 3.8) is 0 Å². The van der Waals surface area contributed by atoms with Gasteiger partial charge in [0.15, 0.2) is 6.61 Å². The Morgan fingerprint density at radius 3 is 2.69 bits per heavy atom. The molecule has 0 aliphatic carbocycles. The van der Waals surface area contributed by atoms with Gasteiger partial charge < -0.3 is 4.74 Å². The molecule has 0 saturated carbocycles.